The second-order valence-electron chi connectivity index (χ2n) is 7.36. The van der Waals surface area contributed by atoms with E-state index in [1.165, 1.54) is 0 Å². The predicted molar refractivity (Wildman–Crippen MR) is 105 cm³/mol. The monoisotopic (exact) mass is 373 g/mol. The first-order valence-electron chi connectivity index (χ1n) is 9.47. The van der Waals surface area contributed by atoms with Gasteiger partial charge in [0.05, 0.1) is 5.69 Å². The quantitative estimate of drug-likeness (QED) is 0.816. The molecular weight excluding hydrogens is 346 g/mol. The van der Waals surface area contributed by atoms with Crippen LogP contribution in [0.25, 0.3) is 5.69 Å². The summed E-state index contributed by atoms with van der Waals surface area (Å²) in [5, 5.41) is 5.10. The maximum absolute atomic E-state index is 13.0. The fourth-order valence-electron chi connectivity index (χ4n) is 3.75. The first-order chi connectivity index (χ1) is 12.6. The number of aryl methyl sites for hydroxylation is 1. The van der Waals surface area contributed by atoms with Gasteiger partial charge in [0.2, 0.25) is 0 Å². The van der Waals surface area contributed by atoms with Gasteiger partial charge in [-0.15, -0.1) is 11.8 Å². The smallest absolute Gasteiger partial charge is 0.304 e. The Labute approximate surface area is 158 Å². The van der Waals surface area contributed by atoms with Gasteiger partial charge in [0.25, 0.3) is 0 Å². The molecule has 0 spiro atoms. The minimum Gasteiger partial charge on any atom is -0.304 e. The molecule has 2 aromatic rings. The van der Waals surface area contributed by atoms with E-state index in [0.717, 1.165) is 62.0 Å². The highest BCUT2D eigenvalue weighted by molar-refractivity contribution is 8.00. The maximum Gasteiger partial charge on any atom is 0.350 e. The molecule has 140 valence electrons. The van der Waals surface area contributed by atoms with Crippen LogP contribution in [0.2, 0.25) is 0 Å². The van der Waals surface area contributed by atoms with Gasteiger partial charge < -0.3 is 9.80 Å². The van der Waals surface area contributed by atoms with Crippen molar-refractivity contribution >= 4 is 11.8 Å². The lowest BCUT2D eigenvalue weighted by Gasteiger charge is -2.32. The van der Waals surface area contributed by atoms with Crippen LogP contribution in [0.15, 0.2) is 34.0 Å². The van der Waals surface area contributed by atoms with E-state index in [0.29, 0.717) is 11.8 Å². The molecule has 7 heteroatoms. The number of aromatic nitrogens is 3. The topological polar surface area (TPSA) is 46.3 Å². The van der Waals surface area contributed by atoms with Crippen LogP contribution >= 0.6 is 11.8 Å². The third-order valence-corrected chi connectivity index (χ3v) is 6.42. The van der Waals surface area contributed by atoms with Crippen molar-refractivity contribution < 1.29 is 0 Å². The van der Waals surface area contributed by atoms with Crippen LogP contribution in [-0.4, -0.2) is 69.2 Å². The number of rotatable bonds is 4. The number of hydrogen-bond donors (Lipinski definition) is 0. The zero-order valence-electron chi connectivity index (χ0n) is 15.6. The van der Waals surface area contributed by atoms with Crippen LogP contribution in [-0.2, 0) is 13.0 Å². The number of thioether (sulfide) groups is 1. The molecule has 2 aliphatic rings. The van der Waals surface area contributed by atoms with E-state index >= 15 is 0 Å². The second-order valence-corrected chi connectivity index (χ2v) is 8.84. The highest BCUT2D eigenvalue weighted by atomic mass is 32.2. The Bertz CT molecular complexity index is 822. The first kappa shape index (κ1) is 17.8. The van der Waals surface area contributed by atoms with E-state index in [9.17, 15) is 4.79 Å². The Hall–Kier alpha value is -1.57. The van der Waals surface area contributed by atoms with Crippen LogP contribution in [0.1, 0.15) is 19.2 Å². The van der Waals surface area contributed by atoms with Crippen molar-refractivity contribution in [1.29, 1.82) is 0 Å². The van der Waals surface area contributed by atoms with E-state index in [1.807, 2.05) is 34.5 Å². The lowest BCUT2D eigenvalue weighted by Crippen LogP contribution is -2.44. The van der Waals surface area contributed by atoms with Gasteiger partial charge in [0, 0.05) is 55.8 Å². The molecule has 1 atom stereocenters. The van der Waals surface area contributed by atoms with E-state index < -0.39 is 0 Å². The van der Waals surface area contributed by atoms with Crippen LogP contribution in [0, 0.1) is 0 Å². The molecule has 0 saturated carbocycles. The number of nitrogens with zero attached hydrogens (tertiary/aromatic N) is 5. The van der Waals surface area contributed by atoms with Crippen LogP contribution < -0.4 is 5.69 Å². The summed E-state index contributed by atoms with van der Waals surface area (Å²) in [4.78, 5) is 19.0. The summed E-state index contributed by atoms with van der Waals surface area (Å²) in [7, 11) is 2.17. The SMILES string of the molecule is CC1Cc2nn(CCCN3CCN(C)CC3)c(=O)n2-c2ccccc2S1. The van der Waals surface area contributed by atoms with Gasteiger partial charge in [0.15, 0.2) is 0 Å². The van der Waals surface area contributed by atoms with Crippen molar-refractivity contribution in [3.8, 4) is 5.69 Å². The number of likely N-dealkylation sites (N-methyl/N-ethyl adjacent to an activating group) is 1. The van der Waals surface area contributed by atoms with Gasteiger partial charge >= 0.3 is 5.69 Å². The standard InChI is InChI=1S/C19H27N5OS/c1-15-14-18-20-23(9-5-8-22-12-10-21(2)11-13-22)19(25)24(18)16-6-3-4-7-17(16)26-15/h3-4,6-7,15H,5,8-14H2,1-2H3. The molecule has 0 radical (unpaired) electrons. The van der Waals surface area contributed by atoms with Crippen molar-refractivity contribution in [2.24, 2.45) is 0 Å². The van der Waals surface area contributed by atoms with Gasteiger partial charge in [0.1, 0.15) is 5.82 Å². The zero-order valence-corrected chi connectivity index (χ0v) is 16.4. The molecule has 0 aliphatic carbocycles. The van der Waals surface area contributed by atoms with Gasteiger partial charge in [-0.2, -0.15) is 5.10 Å². The van der Waals surface area contributed by atoms with Crippen LogP contribution in [0.4, 0.5) is 0 Å². The third kappa shape index (κ3) is 3.61. The Kier molecular flexibility index (Phi) is 5.20. The molecule has 0 N–H and O–H groups in total. The molecule has 26 heavy (non-hydrogen) atoms. The van der Waals surface area contributed by atoms with E-state index in [-0.39, 0.29) is 5.69 Å². The Morgan fingerprint density at radius 1 is 1.15 bits per heavy atom. The molecular formula is C19H27N5OS. The number of piperazine rings is 1. The lowest BCUT2D eigenvalue weighted by molar-refractivity contribution is 0.150. The molecule has 1 unspecified atom stereocenters. The van der Waals surface area contributed by atoms with Crippen molar-refractivity contribution in [3.63, 3.8) is 0 Å². The molecule has 2 aliphatic heterocycles. The summed E-state index contributed by atoms with van der Waals surface area (Å²) in [6.45, 7) is 8.42. The van der Waals surface area contributed by atoms with Gasteiger partial charge in [-0.1, -0.05) is 19.1 Å². The van der Waals surface area contributed by atoms with Gasteiger partial charge in [-0.3, -0.25) is 0 Å². The van der Waals surface area contributed by atoms with Crippen molar-refractivity contribution in [3.05, 3.63) is 40.6 Å². The fraction of sp³-hybridized carbons (Fsp3) is 0.579. The summed E-state index contributed by atoms with van der Waals surface area (Å²) < 4.78 is 3.49. The first-order valence-corrected chi connectivity index (χ1v) is 10.4. The summed E-state index contributed by atoms with van der Waals surface area (Å²) in [5.41, 5.74) is 0.979. The average molecular weight is 374 g/mol. The molecule has 0 bridgehead atoms. The normalized spacial score (nSPS) is 21.2. The molecule has 1 fully saturated rings. The number of benzene rings is 1. The van der Waals surface area contributed by atoms with Crippen molar-refractivity contribution in [1.82, 2.24) is 24.1 Å². The molecule has 1 aromatic heterocycles. The fourth-order valence-corrected chi connectivity index (χ4v) is 4.85. The molecule has 4 rings (SSSR count). The summed E-state index contributed by atoms with van der Waals surface area (Å²) >= 11 is 1.83. The molecule has 6 nitrogen and oxygen atoms in total. The van der Waals surface area contributed by atoms with Crippen LogP contribution in [0.5, 0.6) is 0 Å². The van der Waals surface area contributed by atoms with Gasteiger partial charge in [-0.25, -0.2) is 14.0 Å². The Morgan fingerprint density at radius 2 is 1.92 bits per heavy atom. The summed E-state index contributed by atoms with van der Waals surface area (Å²) in [6.07, 6.45) is 1.78. The second kappa shape index (κ2) is 7.58. The Morgan fingerprint density at radius 3 is 2.73 bits per heavy atom. The number of hydrogen-bond acceptors (Lipinski definition) is 5. The minimum atomic E-state index is 0.000488. The molecule has 1 saturated heterocycles. The minimum absolute atomic E-state index is 0.000488. The van der Waals surface area contributed by atoms with Crippen LogP contribution in [0.3, 0.4) is 0 Å². The number of fused-ring (bicyclic) bond motifs is 3. The summed E-state index contributed by atoms with van der Waals surface area (Å²) in [5.74, 6) is 0.888. The maximum atomic E-state index is 13.0. The Balaban J connectivity index is 1.50. The third-order valence-electron chi connectivity index (χ3n) is 5.25. The molecule has 0 amide bonds. The predicted octanol–water partition coefficient (Wildman–Crippen LogP) is 1.71. The number of para-hydroxylation sites is 1. The molecule has 1 aromatic carbocycles. The van der Waals surface area contributed by atoms with E-state index in [4.69, 9.17) is 0 Å². The summed E-state index contributed by atoms with van der Waals surface area (Å²) in [6, 6.07) is 8.16. The average Bonchev–Trinajstić information content (AvgIpc) is 2.84. The van der Waals surface area contributed by atoms with E-state index in [2.05, 4.69) is 34.9 Å². The van der Waals surface area contributed by atoms with Gasteiger partial charge in [-0.05, 0) is 25.6 Å². The largest absolute Gasteiger partial charge is 0.350 e. The van der Waals surface area contributed by atoms with Crippen molar-refractivity contribution in [2.45, 2.75) is 36.5 Å². The highest BCUT2D eigenvalue weighted by Gasteiger charge is 2.24. The lowest BCUT2D eigenvalue weighted by atomic mass is 10.3. The van der Waals surface area contributed by atoms with Crippen molar-refractivity contribution in [2.75, 3.05) is 39.8 Å². The van der Waals surface area contributed by atoms with E-state index in [1.54, 1.807) is 4.68 Å². The zero-order chi connectivity index (χ0) is 18.1. The highest BCUT2D eigenvalue weighted by Crippen LogP contribution is 2.33. The molecule has 3 heterocycles.